The molecule has 0 aromatic carbocycles. The highest BCUT2D eigenvalue weighted by atomic mass is 79.9. The number of hydrogen-bond donors (Lipinski definition) is 1. The Morgan fingerprint density at radius 1 is 1.56 bits per heavy atom. The Hall–Kier alpha value is -1.54. The van der Waals surface area contributed by atoms with E-state index < -0.39 is 0 Å². The number of halogens is 1. The molecular formula is C10H11BrN6O. The first-order valence-corrected chi connectivity index (χ1v) is 6.31. The fourth-order valence-corrected chi connectivity index (χ4v) is 2.34. The van der Waals surface area contributed by atoms with Gasteiger partial charge in [-0.05, 0) is 15.9 Å². The minimum absolute atomic E-state index is 0.180. The highest BCUT2D eigenvalue weighted by Crippen LogP contribution is 2.19. The molecular weight excluding hydrogens is 300 g/mol. The predicted octanol–water partition coefficient (Wildman–Crippen LogP) is 0.149. The van der Waals surface area contributed by atoms with Crippen molar-refractivity contribution in [3.8, 4) is 0 Å². The van der Waals surface area contributed by atoms with Gasteiger partial charge in [0.1, 0.15) is 5.69 Å². The molecule has 1 fully saturated rings. The van der Waals surface area contributed by atoms with E-state index in [1.54, 1.807) is 24.1 Å². The number of rotatable bonds is 3. The number of carbonyl (C=O) groups excluding carboxylic acids is 1. The molecule has 3 heterocycles. The zero-order valence-electron chi connectivity index (χ0n) is 9.67. The molecule has 0 aliphatic carbocycles. The van der Waals surface area contributed by atoms with E-state index in [-0.39, 0.29) is 5.78 Å². The van der Waals surface area contributed by atoms with Gasteiger partial charge in [-0.2, -0.15) is 5.10 Å². The molecule has 2 aromatic rings. The predicted molar refractivity (Wildman–Crippen MR) is 66.3 cm³/mol. The zero-order chi connectivity index (χ0) is 12.7. The highest BCUT2D eigenvalue weighted by molar-refractivity contribution is 9.10. The van der Waals surface area contributed by atoms with Gasteiger partial charge in [0.15, 0.2) is 5.69 Å². The maximum atomic E-state index is 12.3. The average Bonchev–Trinajstić information content (AvgIpc) is 2.84. The van der Waals surface area contributed by atoms with E-state index in [0.29, 0.717) is 21.9 Å². The van der Waals surface area contributed by atoms with Crippen LogP contribution in [0.1, 0.15) is 22.2 Å². The van der Waals surface area contributed by atoms with Crippen LogP contribution in [-0.4, -0.2) is 43.6 Å². The summed E-state index contributed by atoms with van der Waals surface area (Å²) >= 11 is 3.31. The lowest BCUT2D eigenvalue weighted by atomic mass is 10.2. The molecule has 1 aliphatic rings. The van der Waals surface area contributed by atoms with Crippen LogP contribution < -0.4 is 5.32 Å². The summed E-state index contributed by atoms with van der Waals surface area (Å²) in [6.07, 6.45) is 3.28. The molecule has 0 spiro atoms. The summed E-state index contributed by atoms with van der Waals surface area (Å²) in [5.74, 6) is -0.180. The Morgan fingerprint density at radius 2 is 2.33 bits per heavy atom. The molecule has 18 heavy (non-hydrogen) atoms. The molecule has 1 saturated heterocycles. The van der Waals surface area contributed by atoms with Gasteiger partial charge < -0.3 is 5.32 Å². The summed E-state index contributed by atoms with van der Waals surface area (Å²) in [4.78, 5) is 12.3. The van der Waals surface area contributed by atoms with Crippen LogP contribution in [0.4, 0.5) is 0 Å². The number of nitrogens with zero attached hydrogens (tertiary/aromatic N) is 5. The molecule has 0 unspecified atom stereocenters. The molecule has 0 radical (unpaired) electrons. The van der Waals surface area contributed by atoms with E-state index in [4.69, 9.17) is 0 Å². The Balaban J connectivity index is 1.90. The minimum Gasteiger partial charge on any atom is -0.312 e. The van der Waals surface area contributed by atoms with E-state index in [1.165, 1.54) is 4.68 Å². The van der Waals surface area contributed by atoms with E-state index in [0.717, 1.165) is 13.1 Å². The van der Waals surface area contributed by atoms with E-state index in [2.05, 4.69) is 36.7 Å². The first-order chi connectivity index (χ1) is 8.66. The van der Waals surface area contributed by atoms with E-state index in [9.17, 15) is 4.79 Å². The van der Waals surface area contributed by atoms with Crippen molar-refractivity contribution in [2.45, 2.75) is 6.04 Å². The van der Waals surface area contributed by atoms with Crippen LogP contribution in [0.25, 0.3) is 0 Å². The number of nitrogens with one attached hydrogen (secondary N) is 1. The van der Waals surface area contributed by atoms with Crippen LogP contribution in [0.5, 0.6) is 0 Å². The van der Waals surface area contributed by atoms with Gasteiger partial charge in [0.2, 0.25) is 5.78 Å². The molecule has 0 saturated carbocycles. The van der Waals surface area contributed by atoms with Crippen molar-refractivity contribution in [2.24, 2.45) is 7.05 Å². The molecule has 0 bridgehead atoms. The fraction of sp³-hybridized carbons (Fsp3) is 0.400. The van der Waals surface area contributed by atoms with Crippen molar-refractivity contribution >= 4 is 21.7 Å². The van der Waals surface area contributed by atoms with Gasteiger partial charge in [0.05, 0.1) is 22.9 Å². The molecule has 1 N–H and O–H groups in total. The SMILES string of the molecule is Cn1ncc(Br)c1C(=O)c1cn(C2CNC2)nn1. The number of ketones is 1. The largest absolute Gasteiger partial charge is 0.312 e. The summed E-state index contributed by atoms with van der Waals surface area (Å²) < 4.78 is 3.92. The molecule has 3 rings (SSSR count). The fourth-order valence-electron chi connectivity index (χ4n) is 1.81. The van der Waals surface area contributed by atoms with E-state index >= 15 is 0 Å². The lowest BCUT2D eigenvalue weighted by Gasteiger charge is -2.26. The maximum absolute atomic E-state index is 12.3. The maximum Gasteiger partial charge on any atom is 0.234 e. The summed E-state index contributed by atoms with van der Waals surface area (Å²) in [5.41, 5.74) is 0.819. The normalized spacial score (nSPS) is 15.7. The summed E-state index contributed by atoms with van der Waals surface area (Å²) in [7, 11) is 1.72. The monoisotopic (exact) mass is 310 g/mol. The molecule has 0 amide bonds. The second-order valence-electron chi connectivity index (χ2n) is 4.19. The third-order valence-electron chi connectivity index (χ3n) is 2.99. The molecule has 0 atom stereocenters. The third kappa shape index (κ3) is 1.77. The number of carbonyl (C=O) groups is 1. The minimum atomic E-state index is -0.180. The smallest absolute Gasteiger partial charge is 0.234 e. The van der Waals surface area contributed by atoms with Gasteiger partial charge in [-0.3, -0.25) is 9.48 Å². The van der Waals surface area contributed by atoms with Crippen molar-refractivity contribution in [1.82, 2.24) is 30.1 Å². The van der Waals surface area contributed by atoms with Crippen molar-refractivity contribution in [3.05, 3.63) is 28.3 Å². The Labute approximate surface area is 111 Å². The lowest BCUT2D eigenvalue weighted by Crippen LogP contribution is -2.43. The number of hydrogen-bond acceptors (Lipinski definition) is 5. The Bertz CT molecular complexity index is 580. The molecule has 2 aromatic heterocycles. The van der Waals surface area contributed by atoms with Crippen molar-refractivity contribution in [2.75, 3.05) is 13.1 Å². The van der Waals surface area contributed by atoms with Gasteiger partial charge in [-0.15, -0.1) is 5.10 Å². The van der Waals surface area contributed by atoms with Crippen LogP contribution in [0, 0.1) is 0 Å². The van der Waals surface area contributed by atoms with Gasteiger partial charge >= 0.3 is 0 Å². The van der Waals surface area contributed by atoms with Crippen LogP contribution >= 0.6 is 15.9 Å². The standard InChI is InChI=1S/C10H11BrN6O/c1-16-9(7(11)4-13-16)10(18)8-5-17(15-14-8)6-2-12-3-6/h4-6,12H,2-3H2,1H3. The van der Waals surface area contributed by atoms with Gasteiger partial charge in [-0.25, -0.2) is 4.68 Å². The van der Waals surface area contributed by atoms with Gasteiger partial charge in [0, 0.05) is 20.1 Å². The molecule has 8 heteroatoms. The number of aryl methyl sites for hydroxylation is 1. The number of aromatic nitrogens is 5. The van der Waals surface area contributed by atoms with E-state index in [1.807, 2.05) is 0 Å². The molecule has 1 aliphatic heterocycles. The van der Waals surface area contributed by atoms with Crippen molar-refractivity contribution in [1.29, 1.82) is 0 Å². The first-order valence-electron chi connectivity index (χ1n) is 5.51. The summed E-state index contributed by atoms with van der Waals surface area (Å²) in [6.45, 7) is 1.73. The first kappa shape index (κ1) is 11.5. The van der Waals surface area contributed by atoms with Gasteiger partial charge in [-0.1, -0.05) is 5.21 Å². The van der Waals surface area contributed by atoms with Crippen LogP contribution in [0.15, 0.2) is 16.9 Å². The van der Waals surface area contributed by atoms with Crippen LogP contribution in [0.3, 0.4) is 0 Å². The van der Waals surface area contributed by atoms with Crippen LogP contribution in [0.2, 0.25) is 0 Å². The average molecular weight is 311 g/mol. The van der Waals surface area contributed by atoms with Crippen LogP contribution in [-0.2, 0) is 7.05 Å². The van der Waals surface area contributed by atoms with Crippen molar-refractivity contribution in [3.63, 3.8) is 0 Å². The second-order valence-corrected chi connectivity index (χ2v) is 5.04. The van der Waals surface area contributed by atoms with Crippen molar-refractivity contribution < 1.29 is 4.79 Å². The summed E-state index contributed by atoms with van der Waals surface area (Å²) in [5, 5.41) is 15.1. The quantitative estimate of drug-likeness (QED) is 0.817. The molecule has 7 nitrogen and oxygen atoms in total. The highest BCUT2D eigenvalue weighted by Gasteiger charge is 2.24. The lowest BCUT2D eigenvalue weighted by molar-refractivity contribution is 0.102. The summed E-state index contributed by atoms with van der Waals surface area (Å²) in [6, 6.07) is 0.300. The molecule has 94 valence electrons. The second kappa shape index (κ2) is 4.29. The Kier molecular flexibility index (Phi) is 2.75. The Morgan fingerprint density at radius 3 is 2.89 bits per heavy atom. The topological polar surface area (TPSA) is 77.6 Å². The zero-order valence-corrected chi connectivity index (χ0v) is 11.3. The third-order valence-corrected chi connectivity index (χ3v) is 3.57. The van der Waals surface area contributed by atoms with Gasteiger partial charge in [0.25, 0.3) is 0 Å².